The molecule has 15 heavy (non-hydrogen) atoms. The second-order valence-electron chi connectivity index (χ2n) is 3.30. The quantitative estimate of drug-likeness (QED) is 0.343. The summed E-state index contributed by atoms with van der Waals surface area (Å²) in [6.45, 7) is -0.511. The number of aliphatic hydroxyl groups excluding tert-OH is 2. The molecule has 0 unspecified atom stereocenters. The number of ether oxygens (including phenoxy) is 1. The van der Waals surface area contributed by atoms with Crippen LogP contribution in [0.2, 0.25) is 0 Å². The van der Waals surface area contributed by atoms with Crippen LogP contribution in [0.1, 0.15) is 0 Å². The van der Waals surface area contributed by atoms with Crippen LogP contribution in [0, 0.1) is 0 Å². The van der Waals surface area contributed by atoms with Crippen molar-refractivity contribution in [2.45, 2.75) is 24.4 Å². The fourth-order valence-electron chi connectivity index (χ4n) is 1.22. The van der Waals surface area contributed by atoms with Gasteiger partial charge in [-0.1, -0.05) is 0 Å². The van der Waals surface area contributed by atoms with Gasteiger partial charge in [-0.15, -0.1) is 0 Å². The maximum Gasteiger partial charge on any atom is 0.469 e. The zero-order chi connectivity index (χ0) is 11.6. The molecule has 1 saturated heterocycles. The molecule has 1 rings (SSSR count). The van der Waals surface area contributed by atoms with Crippen LogP contribution >= 0.6 is 7.82 Å². The van der Waals surface area contributed by atoms with Crippen LogP contribution in [0.5, 0.6) is 0 Å². The van der Waals surface area contributed by atoms with E-state index in [0.717, 1.165) is 0 Å². The molecule has 0 aromatic rings. The summed E-state index contributed by atoms with van der Waals surface area (Å²) in [4.78, 5) is 16.8. The van der Waals surface area contributed by atoms with Crippen molar-refractivity contribution in [1.82, 2.24) is 0 Å². The summed E-state index contributed by atoms with van der Waals surface area (Å²) >= 11 is 0. The van der Waals surface area contributed by atoms with E-state index < -0.39 is 38.8 Å². The highest BCUT2D eigenvalue weighted by Gasteiger charge is 2.37. The normalized spacial score (nSPS) is 37.9. The van der Waals surface area contributed by atoms with Gasteiger partial charge in [-0.2, -0.15) is 0 Å². The fourth-order valence-corrected chi connectivity index (χ4v) is 1.56. The van der Waals surface area contributed by atoms with Crippen LogP contribution in [0.15, 0.2) is 0 Å². The highest BCUT2D eigenvalue weighted by atomic mass is 31.2. The number of phosphoric acid groups is 1. The maximum absolute atomic E-state index is 10.4. The molecule has 0 saturated carbocycles. The lowest BCUT2D eigenvalue weighted by Gasteiger charge is -2.35. The predicted octanol–water partition coefficient (Wildman–Crippen LogP) is -2.46. The summed E-state index contributed by atoms with van der Waals surface area (Å²) < 4.78 is 19.5. The number of nitrogens with two attached hydrogens (primary N) is 1. The van der Waals surface area contributed by atoms with E-state index in [0.29, 0.717) is 0 Å². The van der Waals surface area contributed by atoms with Gasteiger partial charge in [-0.3, -0.25) is 4.52 Å². The Morgan fingerprint density at radius 3 is 2.53 bits per heavy atom. The van der Waals surface area contributed by atoms with Crippen molar-refractivity contribution in [2.75, 3.05) is 13.2 Å². The SMILES string of the molecule is N[C@@H]1CO[C@H](COP(=O)(O)O)[C@@H](O)[C@H]1O. The molecular formula is C6H14NO7P. The Labute approximate surface area is 85.9 Å². The molecule has 0 aromatic heterocycles. The van der Waals surface area contributed by atoms with Crippen molar-refractivity contribution in [3.63, 3.8) is 0 Å². The first kappa shape index (κ1) is 13.0. The lowest BCUT2D eigenvalue weighted by Crippen LogP contribution is -2.57. The molecule has 0 radical (unpaired) electrons. The minimum atomic E-state index is -4.60. The van der Waals surface area contributed by atoms with Crippen molar-refractivity contribution >= 4 is 7.82 Å². The van der Waals surface area contributed by atoms with E-state index in [1.165, 1.54) is 0 Å². The molecule has 0 aliphatic carbocycles. The molecular weight excluding hydrogens is 229 g/mol. The van der Waals surface area contributed by atoms with Gasteiger partial charge in [0.1, 0.15) is 12.2 Å². The van der Waals surface area contributed by atoms with Gasteiger partial charge in [0.2, 0.25) is 0 Å². The number of rotatable bonds is 3. The van der Waals surface area contributed by atoms with Crippen LogP contribution < -0.4 is 5.73 Å². The van der Waals surface area contributed by atoms with E-state index in [-0.39, 0.29) is 6.61 Å². The third-order valence-electron chi connectivity index (χ3n) is 2.08. The van der Waals surface area contributed by atoms with Gasteiger partial charge in [0.05, 0.1) is 25.4 Å². The molecule has 0 bridgehead atoms. The number of hydrogen-bond donors (Lipinski definition) is 5. The molecule has 1 aliphatic rings. The zero-order valence-corrected chi connectivity index (χ0v) is 8.66. The van der Waals surface area contributed by atoms with Gasteiger partial charge >= 0.3 is 7.82 Å². The van der Waals surface area contributed by atoms with Gasteiger partial charge in [-0.25, -0.2) is 4.57 Å². The summed E-state index contributed by atoms with van der Waals surface area (Å²) in [5.41, 5.74) is 5.38. The van der Waals surface area contributed by atoms with E-state index >= 15 is 0 Å². The number of hydrogen-bond acceptors (Lipinski definition) is 6. The predicted molar refractivity (Wildman–Crippen MR) is 47.7 cm³/mol. The highest BCUT2D eigenvalue weighted by molar-refractivity contribution is 7.46. The Bertz CT molecular complexity index is 256. The van der Waals surface area contributed by atoms with E-state index in [1.54, 1.807) is 0 Å². The highest BCUT2D eigenvalue weighted by Crippen LogP contribution is 2.36. The van der Waals surface area contributed by atoms with Crippen LogP contribution in [0.4, 0.5) is 0 Å². The van der Waals surface area contributed by atoms with Gasteiger partial charge in [-0.05, 0) is 0 Å². The second kappa shape index (κ2) is 4.86. The molecule has 1 aliphatic heterocycles. The third kappa shape index (κ3) is 3.78. The van der Waals surface area contributed by atoms with Crippen molar-refractivity contribution in [3.05, 3.63) is 0 Å². The third-order valence-corrected chi connectivity index (χ3v) is 2.56. The number of aliphatic hydroxyl groups is 2. The monoisotopic (exact) mass is 243 g/mol. The Balaban J connectivity index is 2.46. The molecule has 0 aromatic carbocycles. The first-order valence-electron chi connectivity index (χ1n) is 4.24. The van der Waals surface area contributed by atoms with E-state index in [4.69, 9.17) is 20.3 Å². The average molecular weight is 243 g/mol. The second-order valence-corrected chi connectivity index (χ2v) is 4.54. The molecule has 90 valence electrons. The summed E-state index contributed by atoms with van der Waals surface area (Å²) in [5.74, 6) is 0. The van der Waals surface area contributed by atoms with Crippen LogP contribution in [0.25, 0.3) is 0 Å². The molecule has 8 nitrogen and oxygen atoms in total. The van der Waals surface area contributed by atoms with E-state index in [2.05, 4.69) is 4.52 Å². The summed E-state index contributed by atoms with van der Waals surface area (Å²) in [7, 11) is -4.60. The fraction of sp³-hybridized carbons (Fsp3) is 1.00. The minimum Gasteiger partial charge on any atom is -0.389 e. The maximum atomic E-state index is 10.4. The Kier molecular flexibility index (Phi) is 4.21. The van der Waals surface area contributed by atoms with E-state index in [1.807, 2.05) is 0 Å². The molecule has 0 amide bonds. The van der Waals surface area contributed by atoms with Crippen LogP contribution in [0.3, 0.4) is 0 Å². The molecule has 9 heteroatoms. The van der Waals surface area contributed by atoms with Crippen molar-refractivity contribution in [3.8, 4) is 0 Å². The Hall–Kier alpha value is -0.0500. The lowest BCUT2D eigenvalue weighted by atomic mass is 9.99. The molecule has 6 N–H and O–H groups in total. The van der Waals surface area contributed by atoms with Gasteiger partial charge in [0.25, 0.3) is 0 Å². The molecule has 0 spiro atoms. The topological polar surface area (TPSA) is 142 Å². The zero-order valence-electron chi connectivity index (χ0n) is 7.76. The standard InChI is InChI=1S/C6H14NO7P/c7-3-1-13-4(6(9)5(3)8)2-14-15(10,11)12/h3-6,8-9H,1-2,7H2,(H2,10,11,12)/t3-,4-,5+,6-/m1/s1. The first-order chi connectivity index (χ1) is 6.81. The van der Waals surface area contributed by atoms with E-state index in [9.17, 15) is 14.8 Å². The molecule has 1 heterocycles. The van der Waals surface area contributed by atoms with Crippen LogP contribution in [-0.4, -0.2) is 57.6 Å². The average Bonchev–Trinajstić information content (AvgIpc) is 2.12. The van der Waals surface area contributed by atoms with Gasteiger partial charge in [0, 0.05) is 0 Å². The van der Waals surface area contributed by atoms with Crippen molar-refractivity contribution in [2.24, 2.45) is 5.73 Å². The van der Waals surface area contributed by atoms with Crippen LogP contribution in [-0.2, 0) is 13.8 Å². The largest absolute Gasteiger partial charge is 0.469 e. The first-order valence-corrected chi connectivity index (χ1v) is 5.77. The summed E-state index contributed by atoms with van der Waals surface area (Å²) in [6.07, 6.45) is -3.50. The van der Waals surface area contributed by atoms with Gasteiger partial charge < -0.3 is 30.5 Å². The Morgan fingerprint density at radius 2 is 2.00 bits per heavy atom. The van der Waals surface area contributed by atoms with Gasteiger partial charge in [0.15, 0.2) is 0 Å². The Morgan fingerprint density at radius 1 is 1.40 bits per heavy atom. The van der Waals surface area contributed by atoms with Crippen molar-refractivity contribution < 1.29 is 33.8 Å². The lowest BCUT2D eigenvalue weighted by molar-refractivity contribution is -0.154. The smallest absolute Gasteiger partial charge is 0.389 e. The molecule has 1 fully saturated rings. The summed E-state index contributed by atoms with van der Waals surface area (Å²) in [6, 6.07) is -0.716. The minimum absolute atomic E-state index is 0.00654. The molecule has 4 atom stereocenters. The summed E-state index contributed by atoms with van der Waals surface area (Å²) in [5, 5.41) is 18.8. The number of phosphoric ester groups is 1. The van der Waals surface area contributed by atoms with Crippen molar-refractivity contribution in [1.29, 1.82) is 0 Å².